The molecule has 0 amide bonds. The minimum atomic E-state index is -3.64. The average molecular weight is 307 g/mol. The van der Waals surface area contributed by atoms with E-state index in [-0.39, 0.29) is 4.21 Å². The van der Waals surface area contributed by atoms with Crippen molar-refractivity contribution in [1.29, 1.82) is 5.26 Å². The van der Waals surface area contributed by atoms with Crippen molar-refractivity contribution in [1.82, 2.24) is 5.32 Å². The van der Waals surface area contributed by atoms with Crippen molar-refractivity contribution >= 4 is 27.0 Å². The van der Waals surface area contributed by atoms with Gasteiger partial charge >= 0.3 is 0 Å². The minimum Gasteiger partial charge on any atom is -0.316 e. The molecule has 0 aliphatic heterocycles. The molecular weight excluding hydrogens is 294 g/mol. The van der Waals surface area contributed by atoms with Crippen molar-refractivity contribution in [3.8, 4) is 6.07 Å². The molecule has 2 N–H and O–H groups in total. The van der Waals surface area contributed by atoms with E-state index >= 15 is 0 Å². The van der Waals surface area contributed by atoms with Crippen molar-refractivity contribution in [2.75, 3.05) is 11.8 Å². The van der Waals surface area contributed by atoms with Gasteiger partial charge in [-0.2, -0.15) is 5.26 Å². The minimum absolute atomic E-state index is 0.132. The van der Waals surface area contributed by atoms with Crippen molar-refractivity contribution < 1.29 is 8.42 Å². The summed E-state index contributed by atoms with van der Waals surface area (Å²) < 4.78 is 27.0. The Hall–Kier alpha value is -1.88. The van der Waals surface area contributed by atoms with E-state index in [0.29, 0.717) is 17.1 Å². The van der Waals surface area contributed by atoms with Gasteiger partial charge in [-0.1, -0.05) is 12.1 Å². The molecule has 1 aromatic heterocycles. The molecular formula is C13H13N3O2S2. The first kappa shape index (κ1) is 14.5. The Labute approximate surface area is 121 Å². The van der Waals surface area contributed by atoms with Crippen LogP contribution in [0.2, 0.25) is 0 Å². The van der Waals surface area contributed by atoms with Gasteiger partial charge in [-0.05, 0) is 36.9 Å². The molecule has 0 spiro atoms. The van der Waals surface area contributed by atoms with Crippen LogP contribution in [0.3, 0.4) is 0 Å². The number of nitriles is 1. The highest BCUT2D eigenvalue weighted by Crippen LogP contribution is 2.23. The molecule has 5 nitrogen and oxygen atoms in total. The Bertz CT molecular complexity index is 745. The maximum Gasteiger partial charge on any atom is 0.271 e. The highest BCUT2D eigenvalue weighted by atomic mass is 32.2. The second kappa shape index (κ2) is 6.05. The number of thiophene rings is 1. The van der Waals surface area contributed by atoms with Gasteiger partial charge < -0.3 is 5.32 Å². The van der Waals surface area contributed by atoms with Crippen molar-refractivity contribution in [3.05, 3.63) is 46.8 Å². The first-order valence-electron chi connectivity index (χ1n) is 5.81. The first-order chi connectivity index (χ1) is 9.55. The summed E-state index contributed by atoms with van der Waals surface area (Å²) in [6.07, 6.45) is 0. The normalized spacial score (nSPS) is 11.0. The third-order valence-electron chi connectivity index (χ3n) is 2.52. The van der Waals surface area contributed by atoms with Crippen LogP contribution in [0.15, 0.2) is 40.6 Å². The summed E-state index contributed by atoms with van der Waals surface area (Å²) in [7, 11) is -1.81. The lowest BCUT2D eigenvalue weighted by atomic mass is 10.2. The van der Waals surface area contributed by atoms with Crippen LogP contribution in [-0.2, 0) is 16.6 Å². The number of anilines is 1. The molecule has 0 radical (unpaired) electrons. The standard InChI is InChI=1S/C13H13N3O2S2/c1-15-9-10-3-2-4-11(7-10)16-20(17,18)13-6-5-12(8-14)19-13/h2-7,15-16H,9H2,1H3. The Morgan fingerprint density at radius 2 is 2.10 bits per heavy atom. The molecule has 0 aliphatic carbocycles. The van der Waals surface area contributed by atoms with Crippen LogP contribution in [0.25, 0.3) is 0 Å². The van der Waals surface area contributed by atoms with E-state index in [9.17, 15) is 8.42 Å². The summed E-state index contributed by atoms with van der Waals surface area (Å²) >= 11 is 0.950. The molecule has 20 heavy (non-hydrogen) atoms. The molecule has 0 aliphatic rings. The van der Waals surface area contributed by atoms with Crippen LogP contribution in [0, 0.1) is 11.3 Å². The van der Waals surface area contributed by atoms with E-state index in [1.54, 1.807) is 18.2 Å². The third kappa shape index (κ3) is 3.36. The molecule has 1 aromatic carbocycles. The number of nitrogens with one attached hydrogen (secondary N) is 2. The Morgan fingerprint density at radius 1 is 1.30 bits per heavy atom. The summed E-state index contributed by atoms with van der Waals surface area (Å²) in [5.41, 5.74) is 1.49. The molecule has 0 bridgehead atoms. The highest BCUT2D eigenvalue weighted by Gasteiger charge is 2.17. The summed E-state index contributed by atoms with van der Waals surface area (Å²) in [5.74, 6) is 0. The molecule has 2 rings (SSSR count). The molecule has 2 aromatic rings. The maximum absolute atomic E-state index is 12.2. The smallest absolute Gasteiger partial charge is 0.271 e. The first-order valence-corrected chi connectivity index (χ1v) is 8.11. The van der Waals surface area contributed by atoms with E-state index in [4.69, 9.17) is 5.26 Å². The second-order valence-electron chi connectivity index (χ2n) is 4.07. The predicted molar refractivity (Wildman–Crippen MR) is 79.0 cm³/mol. The van der Waals surface area contributed by atoms with Gasteiger partial charge in [0.05, 0.1) is 0 Å². The number of nitrogens with zero attached hydrogens (tertiary/aromatic N) is 1. The summed E-state index contributed by atoms with van der Waals surface area (Å²) in [6.45, 7) is 0.660. The van der Waals surface area contributed by atoms with Gasteiger partial charge in [0.2, 0.25) is 0 Å². The van der Waals surface area contributed by atoms with Gasteiger partial charge in [0.1, 0.15) is 15.2 Å². The zero-order valence-electron chi connectivity index (χ0n) is 10.8. The molecule has 0 saturated carbocycles. The largest absolute Gasteiger partial charge is 0.316 e. The predicted octanol–water partition coefficient (Wildman–Crippen LogP) is 2.14. The fraction of sp³-hybridized carbons (Fsp3) is 0.154. The molecule has 0 unspecified atom stereocenters. The molecule has 0 fully saturated rings. The lowest BCUT2D eigenvalue weighted by Gasteiger charge is -2.08. The van der Waals surface area contributed by atoms with Gasteiger partial charge in [0, 0.05) is 12.2 Å². The fourth-order valence-corrected chi connectivity index (χ4v) is 3.83. The number of hydrogen-bond donors (Lipinski definition) is 2. The number of hydrogen-bond acceptors (Lipinski definition) is 5. The van der Waals surface area contributed by atoms with E-state index in [2.05, 4.69) is 10.0 Å². The molecule has 0 saturated heterocycles. The van der Waals surface area contributed by atoms with Gasteiger partial charge in [0.25, 0.3) is 10.0 Å². The SMILES string of the molecule is CNCc1cccc(NS(=O)(=O)c2ccc(C#N)s2)c1. The fourth-order valence-electron chi connectivity index (χ4n) is 1.68. The molecule has 7 heteroatoms. The highest BCUT2D eigenvalue weighted by molar-refractivity contribution is 7.94. The van der Waals surface area contributed by atoms with Gasteiger partial charge in [0.15, 0.2) is 0 Å². The van der Waals surface area contributed by atoms with Crippen LogP contribution < -0.4 is 10.0 Å². The van der Waals surface area contributed by atoms with Crippen LogP contribution in [0.5, 0.6) is 0 Å². The van der Waals surface area contributed by atoms with E-state index < -0.39 is 10.0 Å². The lowest BCUT2D eigenvalue weighted by Crippen LogP contribution is -2.12. The number of sulfonamides is 1. The quantitative estimate of drug-likeness (QED) is 0.886. The van der Waals surface area contributed by atoms with E-state index in [1.165, 1.54) is 12.1 Å². The zero-order valence-corrected chi connectivity index (χ0v) is 12.4. The topological polar surface area (TPSA) is 82.0 Å². The van der Waals surface area contributed by atoms with Gasteiger partial charge in [-0.3, -0.25) is 4.72 Å². The Balaban J connectivity index is 2.24. The maximum atomic E-state index is 12.2. The van der Waals surface area contributed by atoms with E-state index in [0.717, 1.165) is 16.9 Å². The van der Waals surface area contributed by atoms with Crippen LogP contribution in [0.4, 0.5) is 5.69 Å². The molecule has 1 heterocycles. The lowest BCUT2D eigenvalue weighted by molar-refractivity contribution is 0.603. The number of rotatable bonds is 5. The van der Waals surface area contributed by atoms with Crippen LogP contribution >= 0.6 is 11.3 Å². The summed E-state index contributed by atoms with van der Waals surface area (Å²) in [5, 5.41) is 11.7. The van der Waals surface area contributed by atoms with Gasteiger partial charge in [-0.15, -0.1) is 11.3 Å². The van der Waals surface area contributed by atoms with Crippen molar-refractivity contribution in [2.45, 2.75) is 10.8 Å². The Morgan fingerprint density at radius 3 is 2.75 bits per heavy atom. The van der Waals surface area contributed by atoms with Crippen molar-refractivity contribution in [2.24, 2.45) is 0 Å². The second-order valence-corrected chi connectivity index (χ2v) is 7.06. The zero-order chi connectivity index (χ0) is 14.6. The van der Waals surface area contributed by atoms with Crippen molar-refractivity contribution in [3.63, 3.8) is 0 Å². The number of benzene rings is 1. The van der Waals surface area contributed by atoms with Crippen LogP contribution in [-0.4, -0.2) is 15.5 Å². The summed E-state index contributed by atoms with van der Waals surface area (Å²) in [6, 6.07) is 12.0. The third-order valence-corrected chi connectivity index (χ3v) is 5.38. The molecule has 104 valence electrons. The van der Waals surface area contributed by atoms with E-state index in [1.807, 2.05) is 19.2 Å². The van der Waals surface area contributed by atoms with Gasteiger partial charge in [-0.25, -0.2) is 8.42 Å². The van der Waals surface area contributed by atoms with Crippen LogP contribution in [0.1, 0.15) is 10.4 Å². The summed E-state index contributed by atoms with van der Waals surface area (Å²) in [4.78, 5) is 0.370. The molecule has 0 atom stereocenters. The monoisotopic (exact) mass is 307 g/mol. The Kier molecular flexibility index (Phi) is 4.39. The average Bonchev–Trinajstić information content (AvgIpc) is 2.88.